The number of benzene rings is 1. The Hall–Kier alpha value is -0.910. The largest absolute Gasteiger partial charge is 0.326 e. The van der Waals surface area contributed by atoms with Gasteiger partial charge in [0.2, 0.25) is 10.0 Å². The molecule has 0 saturated carbocycles. The molecule has 0 aliphatic heterocycles. The van der Waals surface area contributed by atoms with Crippen molar-refractivity contribution in [2.45, 2.75) is 64.4 Å². The first-order valence-electron chi connectivity index (χ1n) is 7.58. The van der Waals surface area contributed by atoms with Crippen LogP contribution in [0.5, 0.6) is 0 Å². The van der Waals surface area contributed by atoms with E-state index in [0.717, 1.165) is 30.4 Å². The summed E-state index contributed by atoms with van der Waals surface area (Å²) in [5.41, 5.74) is 7.52. The maximum absolute atomic E-state index is 12.4. The van der Waals surface area contributed by atoms with Crippen molar-refractivity contribution >= 4 is 10.0 Å². The Morgan fingerprint density at radius 3 is 2.43 bits per heavy atom. The number of rotatable bonds is 8. The zero-order valence-corrected chi connectivity index (χ0v) is 14.3. The Morgan fingerprint density at radius 1 is 1.19 bits per heavy atom. The van der Waals surface area contributed by atoms with Crippen molar-refractivity contribution in [3.63, 3.8) is 0 Å². The van der Waals surface area contributed by atoms with Gasteiger partial charge in [0.25, 0.3) is 0 Å². The van der Waals surface area contributed by atoms with E-state index < -0.39 is 10.0 Å². The van der Waals surface area contributed by atoms with Gasteiger partial charge in [-0.3, -0.25) is 0 Å². The van der Waals surface area contributed by atoms with Crippen LogP contribution in [-0.4, -0.2) is 14.5 Å². The fourth-order valence-electron chi connectivity index (χ4n) is 2.26. The lowest BCUT2D eigenvalue weighted by Crippen LogP contribution is -2.32. The summed E-state index contributed by atoms with van der Waals surface area (Å²) >= 11 is 0. The molecule has 0 fully saturated rings. The van der Waals surface area contributed by atoms with Crippen LogP contribution in [0.25, 0.3) is 0 Å². The number of nitrogens with two attached hydrogens (primary N) is 1. The predicted octanol–water partition coefficient (Wildman–Crippen LogP) is 2.95. The highest BCUT2D eigenvalue weighted by Gasteiger charge is 2.18. The molecule has 0 radical (unpaired) electrons. The molecule has 3 N–H and O–H groups in total. The Bertz CT molecular complexity index is 553. The van der Waals surface area contributed by atoms with Crippen molar-refractivity contribution in [3.8, 4) is 0 Å². The Morgan fingerprint density at radius 2 is 1.86 bits per heavy atom. The summed E-state index contributed by atoms with van der Waals surface area (Å²) < 4.78 is 27.5. The summed E-state index contributed by atoms with van der Waals surface area (Å²) in [6.45, 7) is 8.54. The molecule has 1 aromatic rings. The molecule has 21 heavy (non-hydrogen) atoms. The molecular weight excluding hydrogens is 284 g/mol. The Kier molecular flexibility index (Phi) is 6.84. The molecule has 0 aliphatic carbocycles. The first-order chi connectivity index (χ1) is 9.76. The summed E-state index contributed by atoms with van der Waals surface area (Å²) in [6.07, 6.45) is 3.00. The summed E-state index contributed by atoms with van der Waals surface area (Å²) in [6, 6.07) is 5.05. The monoisotopic (exact) mass is 312 g/mol. The number of sulfonamides is 1. The third-order valence-electron chi connectivity index (χ3n) is 3.63. The fourth-order valence-corrected chi connectivity index (χ4v) is 3.59. The molecule has 120 valence electrons. The molecule has 1 atom stereocenters. The molecule has 0 aromatic heterocycles. The molecule has 4 nitrogen and oxygen atoms in total. The zero-order valence-electron chi connectivity index (χ0n) is 13.5. The summed E-state index contributed by atoms with van der Waals surface area (Å²) in [4.78, 5) is 0.296. The molecule has 0 amide bonds. The average Bonchev–Trinajstić information content (AvgIpc) is 2.37. The van der Waals surface area contributed by atoms with Gasteiger partial charge in [0.15, 0.2) is 0 Å². The third kappa shape index (κ3) is 5.77. The van der Waals surface area contributed by atoms with E-state index in [1.165, 1.54) is 0 Å². The molecule has 0 saturated heterocycles. The highest BCUT2D eigenvalue weighted by Crippen LogP contribution is 2.16. The topological polar surface area (TPSA) is 72.2 Å². The molecule has 5 heteroatoms. The highest BCUT2D eigenvalue weighted by molar-refractivity contribution is 7.89. The van der Waals surface area contributed by atoms with Gasteiger partial charge >= 0.3 is 0 Å². The first kappa shape index (κ1) is 18.1. The van der Waals surface area contributed by atoms with E-state index in [4.69, 9.17) is 5.73 Å². The van der Waals surface area contributed by atoms with Gasteiger partial charge < -0.3 is 5.73 Å². The maximum atomic E-state index is 12.4. The van der Waals surface area contributed by atoms with Crippen LogP contribution in [0.2, 0.25) is 0 Å². The number of hydrogen-bond acceptors (Lipinski definition) is 3. The lowest BCUT2D eigenvalue weighted by atomic mass is 10.0. The number of hydrogen-bond donors (Lipinski definition) is 2. The quantitative estimate of drug-likeness (QED) is 0.775. The number of aryl methyl sites for hydroxylation is 1. The smallest absolute Gasteiger partial charge is 0.240 e. The van der Waals surface area contributed by atoms with Crippen LogP contribution in [0.1, 0.15) is 51.2 Å². The van der Waals surface area contributed by atoms with Crippen molar-refractivity contribution in [1.82, 2.24) is 4.72 Å². The van der Waals surface area contributed by atoms with Gasteiger partial charge in [-0.15, -0.1) is 0 Å². The third-order valence-corrected chi connectivity index (χ3v) is 5.21. The van der Waals surface area contributed by atoms with E-state index in [1.807, 2.05) is 13.8 Å². The van der Waals surface area contributed by atoms with Gasteiger partial charge in [0.1, 0.15) is 0 Å². The van der Waals surface area contributed by atoms with Crippen molar-refractivity contribution < 1.29 is 8.42 Å². The molecule has 1 aromatic carbocycles. The maximum Gasteiger partial charge on any atom is 0.240 e. The van der Waals surface area contributed by atoms with Crippen LogP contribution in [0.15, 0.2) is 23.1 Å². The van der Waals surface area contributed by atoms with Crippen LogP contribution in [0.3, 0.4) is 0 Å². The van der Waals surface area contributed by atoms with Gasteiger partial charge in [-0.2, -0.15) is 0 Å². The summed E-state index contributed by atoms with van der Waals surface area (Å²) in [5.74, 6) is 0.651. The zero-order chi connectivity index (χ0) is 16.0. The number of nitrogens with one attached hydrogen (secondary N) is 1. The standard InChI is InChI=1S/C16H28N2O2S/c1-12(2)6-5-7-14(4)18-21(19,20)16-9-8-13(3)15(10-16)11-17/h8-10,12,14,18H,5-7,11,17H2,1-4H3. The van der Waals surface area contributed by atoms with Crippen LogP contribution in [0.4, 0.5) is 0 Å². The minimum atomic E-state index is -3.47. The highest BCUT2D eigenvalue weighted by atomic mass is 32.2. The van der Waals surface area contributed by atoms with Gasteiger partial charge in [0, 0.05) is 12.6 Å². The summed E-state index contributed by atoms with van der Waals surface area (Å²) in [7, 11) is -3.47. The lowest BCUT2D eigenvalue weighted by molar-refractivity contribution is 0.488. The molecule has 0 spiro atoms. The normalized spacial score (nSPS) is 13.6. The minimum Gasteiger partial charge on any atom is -0.326 e. The van der Waals surface area contributed by atoms with Crippen molar-refractivity contribution in [2.75, 3.05) is 0 Å². The van der Waals surface area contributed by atoms with E-state index in [-0.39, 0.29) is 6.04 Å². The SMILES string of the molecule is Cc1ccc(S(=O)(=O)NC(C)CCCC(C)C)cc1CN. The average molecular weight is 312 g/mol. The van der Waals surface area contributed by atoms with E-state index in [2.05, 4.69) is 18.6 Å². The second-order valence-electron chi connectivity index (χ2n) is 6.14. The first-order valence-corrected chi connectivity index (χ1v) is 9.06. The van der Waals surface area contributed by atoms with Crippen LogP contribution >= 0.6 is 0 Å². The van der Waals surface area contributed by atoms with Crippen LogP contribution in [-0.2, 0) is 16.6 Å². The minimum absolute atomic E-state index is 0.0589. The Labute approximate surface area is 129 Å². The Balaban J connectivity index is 2.72. The van der Waals surface area contributed by atoms with E-state index >= 15 is 0 Å². The molecule has 0 aliphatic rings. The van der Waals surface area contributed by atoms with Crippen molar-refractivity contribution in [3.05, 3.63) is 29.3 Å². The second kappa shape index (κ2) is 7.92. The lowest BCUT2D eigenvalue weighted by Gasteiger charge is -2.15. The van der Waals surface area contributed by atoms with E-state index in [0.29, 0.717) is 17.4 Å². The van der Waals surface area contributed by atoms with Crippen LogP contribution in [0, 0.1) is 12.8 Å². The molecule has 1 rings (SSSR count). The van der Waals surface area contributed by atoms with Crippen molar-refractivity contribution in [2.24, 2.45) is 11.7 Å². The fraction of sp³-hybridized carbons (Fsp3) is 0.625. The van der Waals surface area contributed by atoms with E-state index in [1.54, 1.807) is 18.2 Å². The summed E-state index contributed by atoms with van der Waals surface area (Å²) in [5, 5.41) is 0. The molecular formula is C16H28N2O2S. The van der Waals surface area contributed by atoms with Gasteiger partial charge in [-0.05, 0) is 49.4 Å². The van der Waals surface area contributed by atoms with Gasteiger partial charge in [-0.1, -0.05) is 32.8 Å². The molecule has 1 unspecified atom stereocenters. The predicted molar refractivity (Wildman–Crippen MR) is 87.5 cm³/mol. The van der Waals surface area contributed by atoms with E-state index in [9.17, 15) is 8.42 Å². The van der Waals surface area contributed by atoms with Crippen LogP contribution < -0.4 is 10.5 Å². The molecule has 0 bridgehead atoms. The van der Waals surface area contributed by atoms with Crippen molar-refractivity contribution in [1.29, 1.82) is 0 Å². The van der Waals surface area contributed by atoms with Gasteiger partial charge in [0.05, 0.1) is 4.90 Å². The second-order valence-corrected chi connectivity index (χ2v) is 7.85. The molecule has 0 heterocycles. The van der Waals surface area contributed by atoms with Gasteiger partial charge in [-0.25, -0.2) is 13.1 Å².